The lowest BCUT2D eigenvalue weighted by molar-refractivity contribution is 0.500. The van der Waals surface area contributed by atoms with E-state index in [0.29, 0.717) is 6.04 Å². The summed E-state index contributed by atoms with van der Waals surface area (Å²) in [5.41, 5.74) is 0.880. The topological polar surface area (TPSA) is 15.3 Å². The molecule has 0 spiro atoms. The number of piperazine rings is 1. The van der Waals surface area contributed by atoms with Gasteiger partial charge in [-0.2, -0.15) is 0 Å². The van der Waals surface area contributed by atoms with Crippen molar-refractivity contribution in [3.05, 3.63) is 28.0 Å². The summed E-state index contributed by atoms with van der Waals surface area (Å²) in [5, 5.41) is 3.45. The van der Waals surface area contributed by atoms with Gasteiger partial charge in [0.25, 0.3) is 0 Å². The maximum atomic E-state index is 13.3. The van der Waals surface area contributed by atoms with Crippen LogP contribution in [0.3, 0.4) is 0 Å². The molecule has 0 bridgehead atoms. The number of nitrogens with zero attached hydrogens (tertiary/aromatic N) is 1. The van der Waals surface area contributed by atoms with Crippen LogP contribution in [0.2, 0.25) is 10.0 Å². The minimum atomic E-state index is -0.546. The lowest BCUT2D eigenvalue weighted by atomic mass is 10.2. The van der Waals surface area contributed by atoms with Gasteiger partial charge in [0.05, 0.1) is 10.0 Å². The third kappa shape index (κ3) is 2.26. The Morgan fingerprint density at radius 1 is 1.38 bits per heavy atom. The minimum Gasteiger partial charge on any atom is -0.366 e. The van der Waals surface area contributed by atoms with Gasteiger partial charge in [0, 0.05) is 31.4 Å². The van der Waals surface area contributed by atoms with Crippen LogP contribution >= 0.6 is 23.2 Å². The maximum Gasteiger partial charge on any atom is 0.160 e. The second-order valence-corrected chi connectivity index (χ2v) is 4.78. The van der Waals surface area contributed by atoms with Gasteiger partial charge in [0.2, 0.25) is 0 Å². The zero-order valence-electron chi connectivity index (χ0n) is 8.93. The summed E-state index contributed by atoms with van der Waals surface area (Å²) < 4.78 is 13.3. The predicted octanol–water partition coefficient (Wildman–Crippen LogP) is 2.93. The van der Waals surface area contributed by atoms with Gasteiger partial charge >= 0.3 is 0 Å². The summed E-state index contributed by atoms with van der Waals surface area (Å²) >= 11 is 11.6. The van der Waals surface area contributed by atoms with Crippen molar-refractivity contribution >= 4 is 28.9 Å². The first kappa shape index (κ1) is 12.0. The summed E-state index contributed by atoms with van der Waals surface area (Å²) in [4.78, 5) is 2.17. The number of halogens is 3. The summed E-state index contributed by atoms with van der Waals surface area (Å²) in [7, 11) is 0. The Morgan fingerprint density at radius 2 is 2.00 bits per heavy atom. The standard InChI is InChI=1S/C11H13Cl2FN2/c1-7-6-15-2-3-16(7)8-4-9(12)11(14)10(13)5-8/h4-5,7,15H,2-3,6H2,1H3. The van der Waals surface area contributed by atoms with Crippen LogP contribution in [0.25, 0.3) is 0 Å². The molecule has 0 aromatic heterocycles. The molecular formula is C11H13Cl2FN2. The fourth-order valence-electron chi connectivity index (χ4n) is 1.93. The molecule has 0 radical (unpaired) electrons. The first-order valence-corrected chi connectivity index (χ1v) is 5.97. The smallest absolute Gasteiger partial charge is 0.160 e. The Labute approximate surface area is 104 Å². The van der Waals surface area contributed by atoms with Crippen LogP contribution in [0, 0.1) is 5.82 Å². The highest BCUT2D eigenvalue weighted by molar-refractivity contribution is 6.35. The molecule has 0 saturated carbocycles. The van der Waals surface area contributed by atoms with E-state index >= 15 is 0 Å². The molecule has 5 heteroatoms. The number of anilines is 1. The molecule has 2 rings (SSSR count). The van der Waals surface area contributed by atoms with E-state index in [-0.39, 0.29) is 10.0 Å². The predicted molar refractivity (Wildman–Crippen MR) is 66.1 cm³/mol. The van der Waals surface area contributed by atoms with Gasteiger partial charge < -0.3 is 10.2 Å². The SMILES string of the molecule is CC1CNCCN1c1cc(Cl)c(F)c(Cl)c1. The van der Waals surface area contributed by atoms with E-state index in [0.717, 1.165) is 25.3 Å². The number of rotatable bonds is 1. The van der Waals surface area contributed by atoms with Crippen molar-refractivity contribution in [2.45, 2.75) is 13.0 Å². The third-order valence-corrected chi connectivity index (χ3v) is 3.35. The van der Waals surface area contributed by atoms with Crippen LogP contribution in [0.4, 0.5) is 10.1 Å². The molecule has 1 saturated heterocycles. The van der Waals surface area contributed by atoms with E-state index in [1.807, 2.05) is 0 Å². The molecule has 1 N–H and O–H groups in total. The van der Waals surface area contributed by atoms with Crippen LogP contribution in [-0.2, 0) is 0 Å². The Bertz CT molecular complexity index is 375. The van der Waals surface area contributed by atoms with Gasteiger partial charge in [-0.05, 0) is 19.1 Å². The van der Waals surface area contributed by atoms with Gasteiger partial charge in [-0.25, -0.2) is 4.39 Å². The zero-order valence-corrected chi connectivity index (χ0v) is 10.4. The highest BCUT2D eigenvalue weighted by Gasteiger charge is 2.20. The number of nitrogens with one attached hydrogen (secondary N) is 1. The molecule has 1 aromatic carbocycles. The van der Waals surface area contributed by atoms with Crippen molar-refractivity contribution in [2.24, 2.45) is 0 Å². The quantitative estimate of drug-likeness (QED) is 0.784. The number of hydrogen-bond donors (Lipinski definition) is 1. The zero-order chi connectivity index (χ0) is 11.7. The molecule has 1 unspecified atom stereocenters. The van der Waals surface area contributed by atoms with Gasteiger partial charge in [0.1, 0.15) is 0 Å². The second kappa shape index (κ2) is 4.78. The van der Waals surface area contributed by atoms with Gasteiger partial charge in [-0.1, -0.05) is 23.2 Å². The van der Waals surface area contributed by atoms with E-state index in [4.69, 9.17) is 23.2 Å². The van der Waals surface area contributed by atoms with Crippen molar-refractivity contribution in [1.82, 2.24) is 5.32 Å². The maximum absolute atomic E-state index is 13.3. The Hall–Kier alpha value is -0.510. The Morgan fingerprint density at radius 3 is 2.56 bits per heavy atom. The highest BCUT2D eigenvalue weighted by atomic mass is 35.5. The molecule has 1 aliphatic rings. The largest absolute Gasteiger partial charge is 0.366 e. The Balaban J connectivity index is 2.32. The number of benzene rings is 1. The van der Waals surface area contributed by atoms with E-state index < -0.39 is 5.82 Å². The lowest BCUT2D eigenvalue weighted by Gasteiger charge is -2.36. The van der Waals surface area contributed by atoms with Crippen LogP contribution in [0.15, 0.2) is 12.1 Å². The third-order valence-electron chi connectivity index (χ3n) is 2.80. The van der Waals surface area contributed by atoms with Crippen molar-refractivity contribution in [1.29, 1.82) is 0 Å². The van der Waals surface area contributed by atoms with E-state index in [9.17, 15) is 4.39 Å². The summed E-state index contributed by atoms with van der Waals surface area (Å²) in [6.45, 7) is 4.81. The van der Waals surface area contributed by atoms with Gasteiger partial charge in [-0.15, -0.1) is 0 Å². The van der Waals surface area contributed by atoms with Crippen LogP contribution < -0.4 is 10.2 Å². The van der Waals surface area contributed by atoms with Gasteiger partial charge in [0.15, 0.2) is 5.82 Å². The van der Waals surface area contributed by atoms with E-state index in [2.05, 4.69) is 17.1 Å². The monoisotopic (exact) mass is 262 g/mol. The Kier molecular flexibility index (Phi) is 3.57. The van der Waals surface area contributed by atoms with Crippen LogP contribution in [0.5, 0.6) is 0 Å². The molecule has 0 amide bonds. The molecule has 1 atom stereocenters. The molecule has 2 nitrogen and oxygen atoms in total. The summed E-state index contributed by atoms with van der Waals surface area (Å²) in [5.74, 6) is -0.546. The average Bonchev–Trinajstić information content (AvgIpc) is 2.26. The molecule has 1 aliphatic heterocycles. The summed E-state index contributed by atoms with van der Waals surface area (Å²) in [6, 6.07) is 3.61. The first-order chi connectivity index (χ1) is 7.59. The van der Waals surface area contributed by atoms with Crippen molar-refractivity contribution in [2.75, 3.05) is 24.5 Å². The van der Waals surface area contributed by atoms with Crippen LogP contribution in [0.1, 0.15) is 6.92 Å². The molecular weight excluding hydrogens is 250 g/mol. The molecule has 88 valence electrons. The first-order valence-electron chi connectivity index (χ1n) is 5.21. The van der Waals surface area contributed by atoms with Crippen molar-refractivity contribution < 1.29 is 4.39 Å². The molecule has 16 heavy (non-hydrogen) atoms. The van der Waals surface area contributed by atoms with E-state index in [1.54, 1.807) is 12.1 Å². The van der Waals surface area contributed by atoms with Crippen molar-refractivity contribution in [3.63, 3.8) is 0 Å². The van der Waals surface area contributed by atoms with E-state index in [1.165, 1.54) is 0 Å². The normalized spacial score (nSPS) is 21.2. The average molecular weight is 263 g/mol. The molecule has 0 aliphatic carbocycles. The number of hydrogen-bond acceptors (Lipinski definition) is 2. The summed E-state index contributed by atoms with van der Waals surface area (Å²) in [6.07, 6.45) is 0. The van der Waals surface area contributed by atoms with Gasteiger partial charge in [-0.3, -0.25) is 0 Å². The fourth-order valence-corrected chi connectivity index (χ4v) is 2.41. The van der Waals surface area contributed by atoms with Crippen molar-refractivity contribution in [3.8, 4) is 0 Å². The minimum absolute atomic E-state index is 0.0771. The molecule has 1 fully saturated rings. The fraction of sp³-hybridized carbons (Fsp3) is 0.455. The highest BCUT2D eigenvalue weighted by Crippen LogP contribution is 2.30. The van der Waals surface area contributed by atoms with Crippen LogP contribution in [-0.4, -0.2) is 25.7 Å². The second-order valence-electron chi connectivity index (χ2n) is 3.97. The molecule has 1 heterocycles. The molecule has 1 aromatic rings. The lowest BCUT2D eigenvalue weighted by Crippen LogP contribution is -2.49.